The molecule has 0 fully saturated rings. The van der Waals surface area contributed by atoms with E-state index in [0.29, 0.717) is 17.8 Å². The summed E-state index contributed by atoms with van der Waals surface area (Å²) in [5, 5.41) is 13.8. The minimum absolute atomic E-state index is 0.206. The van der Waals surface area contributed by atoms with Crippen LogP contribution in [0.5, 0.6) is 0 Å². The normalized spacial score (nSPS) is 12.1. The Kier molecular flexibility index (Phi) is 4.19. The molecule has 0 saturated heterocycles. The highest BCUT2D eigenvalue weighted by molar-refractivity contribution is 5.96. The molecule has 0 bridgehead atoms. The molecule has 0 spiro atoms. The van der Waals surface area contributed by atoms with Gasteiger partial charge in [-0.05, 0) is 29.0 Å². The van der Waals surface area contributed by atoms with Crippen LogP contribution in [0.3, 0.4) is 0 Å². The van der Waals surface area contributed by atoms with Crippen molar-refractivity contribution in [3.05, 3.63) is 30.6 Å². The maximum absolute atomic E-state index is 11.9. The molecule has 1 amide bonds. The second-order valence-corrected chi connectivity index (χ2v) is 4.16. The number of tetrazole rings is 1. The van der Waals surface area contributed by atoms with Crippen molar-refractivity contribution in [2.24, 2.45) is 5.73 Å². The van der Waals surface area contributed by atoms with E-state index in [1.807, 2.05) is 25.1 Å². The molecule has 0 saturated carbocycles. The number of carbonyl (C=O) groups excluding carboxylic acids is 1. The van der Waals surface area contributed by atoms with Gasteiger partial charge in [0.05, 0.1) is 17.4 Å². The molecular formula is C12H16N6O. The first kappa shape index (κ1) is 13.2. The number of anilines is 1. The second kappa shape index (κ2) is 6.05. The summed E-state index contributed by atoms with van der Waals surface area (Å²) in [6.07, 6.45) is 2.99. The Morgan fingerprint density at radius 1 is 1.47 bits per heavy atom. The molecule has 1 aromatic heterocycles. The number of hydrogen-bond acceptors (Lipinski definition) is 5. The van der Waals surface area contributed by atoms with Gasteiger partial charge in [0.1, 0.15) is 6.33 Å². The van der Waals surface area contributed by atoms with Crippen LogP contribution >= 0.6 is 0 Å². The van der Waals surface area contributed by atoms with Crippen LogP contribution in [0.25, 0.3) is 5.69 Å². The minimum atomic E-state index is -0.507. The van der Waals surface area contributed by atoms with E-state index in [1.165, 1.54) is 11.0 Å². The van der Waals surface area contributed by atoms with Gasteiger partial charge in [-0.3, -0.25) is 4.79 Å². The summed E-state index contributed by atoms with van der Waals surface area (Å²) in [5.74, 6) is -0.206. The maximum Gasteiger partial charge on any atom is 0.241 e. The fraction of sp³-hybridized carbons (Fsp3) is 0.333. The minimum Gasteiger partial charge on any atom is -0.323 e. The molecular weight excluding hydrogens is 244 g/mol. The van der Waals surface area contributed by atoms with Crippen molar-refractivity contribution >= 4 is 11.6 Å². The fourth-order valence-corrected chi connectivity index (χ4v) is 1.72. The summed E-state index contributed by atoms with van der Waals surface area (Å²) in [6, 6.07) is 6.77. The van der Waals surface area contributed by atoms with Gasteiger partial charge in [-0.2, -0.15) is 4.68 Å². The Labute approximate surface area is 110 Å². The number of para-hydroxylation sites is 2. The molecule has 0 aliphatic heterocycles. The third kappa shape index (κ3) is 3.14. The number of carbonyl (C=O) groups is 1. The number of hydrogen-bond donors (Lipinski definition) is 2. The van der Waals surface area contributed by atoms with Crippen molar-refractivity contribution in [3.8, 4) is 5.69 Å². The lowest BCUT2D eigenvalue weighted by molar-refractivity contribution is -0.117. The van der Waals surface area contributed by atoms with Crippen LogP contribution in [0.4, 0.5) is 5.69 Å². The number of rotatable bonds is 5. The summed E-state index contributed by atoms with van der Waals surface area (Å²) in [4.78, 5) is 11.9. The molecule has 0 radical (unpaired) electrons. The highest BCUT2D eigenvalue weighted by Gasteiger charge is 2.14. The summed E-state index contributed by atoms with van der Waals surface area (Å²) < 4.78 is 1.49. The first-order valence-corrected chi connectivity index (χ1v) is 6.11. The number of benzene rings is 1. The Bertz CT molecular complexity index is 539. The first-order chi connectivity index (χ1) is 9.22. The highest BCUT2D eigenvalue weighted by atomic mass is 16.2. The van der Waals surface area contributed by atoms with Gasteiger partial charge in [-0.1, -0.05) is 25.5 Å². The third-order valence-corrected chi connectivity index (χ3v) is 2.69. The van der Waals surface area contributed by atoms with Crippen molar-refractivity contribution in [3.63, 3.8) is 0 Å². The molecule has 3 N–H and O–H groups in total. The molecule has 1 heterocycles. The Morgan fingerprint density at radius 2 is 2.26 bits per heavy atom. The first-order valence-electron chi connectivity index (χ1n) is 6.11. The van der Waals surface area contributed by atoms with Gasteiger partial charge in [-0.25, -0.2) is 0 Å². The molecule has 0 aliphatic rings. The number of nitrogens with zero attached hydrogens (tertiary/aromatic N) is 4. The van der Waals surface area contributed by atoms with E-state index >= 15 is 0 Å². The van der Waals surface area contributed by atoms with Crippen LogP contribution in [-0.4, -0.2) is 32.2 Å². The van der Waals surface area contributed by atoms with Crippen LogP contribution in [0.2, 0.25) is 0 Å². The van der Waals surface area contributed by atoms with Crippen molar-refractivity contribution in [1.82, 2.24) is 20.2 Å². The van der Waals surface area contributed by atoms with Gasteiger partial charge in [0.25, 0.3) is 0 Å². The monoisotopic (exact) mass is 260 g/mol. The van der Waals surface area contributed by atoms with E-state index < -0.39 is 6.04 Å². The zero-order valence-electron chi connectivity index (χ0n) is 10.7. The summed E-state index contributed by atoms with van der Waals surface area (Å²) in [7, 11) is 0. The van der Waals surface area contributed by atoms with Crippen molar-refractivity contribution in [1.29, 1.82) is 0 Å². The molecule has 0 aliphatic carbocycles. The SMILES string of the molecule is CCC[C@H](N)C(=O)Nc1ccccc1-n1cnnn1. The Morgan fingerprint density at radius 3 is 2.95 bits per heavy atom. The number of amides is 1. The van der Waals surface area contributed by atoms with E-state index in [0.717, 1.165) is 6.42 Å². The predicted octanol–water partition coefficient (Wildman–Crippen LogP) is 0.728. The molecule has 7 nitrogen and oxygen atoms in total. The highest BCUT2D eigenvalue weighted by Crippen LogP contribution is 2.18. The smallest absolute Gasteiger partial charge is 0.241 e. The van der Waals surface area contributed by atoms with E-state index in [-0.39, 0.29) is 5.91 Å². The van der Waals surface area contributed by atoms with Gasteiger partial charge in [0.15, 0.2) is 0 Å². The molecule has 19 heavy (non-hydrogen) atoms. The third-order valence-electron chi connectivity index (χ3n) is 2.69. The Balaban J connectivity index is 2.19. The van der Waals surface area contributed by atoms with Gasteiger partial charge >= 0.3 is 0 Å². The zero-order valence-corrected chi connectivity index (χ0v) is 10.7. The van der Waals surface area contributed by atoms with Crippen molar-refractivity contribution in [2.45, 2.75) is 25.8 Å². The summed E-state index contributed by atoms with van der Waals surface area (Å²) >= 11 is 0. The average molecular weight is 260 g/mol. The number of nitrogens with two attached hydrogens (primary N) is 1. The van der Waals surface area contributed by atoms with E-state index in [9.17, 15) is 4.79 Å². The van der Waals surface area contributed by atoms with Crippen molar-refractivity contribution in [2.75, 3.05) is 5.32 Å². The van der Waals surface area contributed by atoms with E-state index in [1.54, 1.807) is 6.07 Å². The predicted molar refractivity (Wildman–Crippen MR) is 70.7 cm³/mol. The second-order valence-electron chi connectivity index (χ2n) is 4.16. The van der Waals surface area contributed by atoms with Crippen LogP contribution < -0.4 is 11.1 Å². The molecule has 0 unspecified atom stereocenters. The Hall–Kier alpha value is -2.28. The molecule has 2 aromatic rings. The van der Waals surface area contributed by atoms with Gasteiger partial charge in [-0.15, -0.1) is 5.10 Å². The quantitative estimate of drug-likeness (QED) is 0.825. The number of nitrogens with one attached hydrogen (secondary N) is 1. The molecule has 1 aromatic carbocycles. The summed E-state index contributed by atoms with van der Waals surface area (Å²) in [6.45, 7) is 1.99. The topological polar surface area (TPSA) is 98.7 Å². The lowest BCUT2D eigenvalue weighted by Gasteiger charge is -2.13. The molecule has 100 valence electrons. The lowest BCUT2D eigenvalue weighted by atomic mass is 10.1. The maximum atomic E-state index is 11.9. The fourth-order valence-electron chi connectivity index (χ4n) is 1.72. The van der Waals surface area contributed by atoms with Gasteiger partial charge < -0.3 is 11.1 Å². The average Bonchev–Trinajstić information content (AvgIpc) is 2.93. The number of aromatic nitrogens is 4. The van der Waals surface area contributed by atoms with Crippen molar-refractivity contribution < 1.29 is 4.79 Å². The standard InChI is InChI=1S/C12H16N6O/c1-2-5-9(13)12(19)15-10-6-3-4-7-11(10)18-8-14-16-17-18/h3-4,6-9H,2,5,13H2,1H3,(H,15,19)/t9-/m0/s1. The van der Waals surface area contributed by atoms with Crippen LogP contribution in [0, 0.1) is 0 Å². The largest absolute Gasteiger partial charge is 0.323 e. The molecule has 1 atom stereocenters. The lowest BCUT2D eigenvalue weighted by Crippen LogP contribution is -2.35. The summed E-state index contributed by atoms with van der Waals surface area (Å²) in [5.41, 5.74) is 7.11. The molecule has 7 heteroatoms. The van der Waals surface area contributed by atoms with Gasteiger partial charge in [0.2, 0.25) is 5.91 Å². The van der Waals surface area contributed by atoms with Crippen LogP contribution in [0.1, 0.15) is 19.8 Å². The zero-order chi connectivity index (χ0) is 13.7. The molecule has 2 rings (SSSR count). The van der Waals surface area contributed by atoms with E-state index in [2.05, 4.69) is 20.8 Å². The van der Waals surface area contributed by atoms with Gasteiger partial charge in [0, 0.05) is 0 Å². The van der Waals surface area contributed by atoms with Crippen LogP contribution in [0.15, 0.2) is 30.6 Å². The van der Waals surface area contributed by atoms with E-state index in [4.69, 9.17) is 5.73 Å². The van der Waals surface area contributed by atoms with Crippen LogP contribution in [-0.2, 0) is 4.79 Å².